The van der Waals surface area contributed by atoms with E-state index in [2.05, 4.69) is 14.7 Å². The van der Waals surface area contributed by atoms with Crippen LogP contribution in [0.25, 0.3) is 0 Å². The molecule has 1 heterocycles. The van der Waals surface area contributed by atoms with E-state index < -0.39 is 0 Å². The summed E-state index contributed by atoms with van der Waals surface area (Å²) in [6.45, 7) is -0.0972. The molecule has 0 saturated heterocycles. The van der Waals surface area contributed by atoms with Gasteiger partial charge in [-0.05, 0) is 6.07 Å². The summed E-state index contributed by atoms with van der Waals surface area (Å²) >= 11 is 5.89. The van der Waals surface area contributed by atoms with Crippen LogP contribution in [0.5, 0.6) is 11.5 Å². The Morgan fingerprint density at radius 3 is 2.89 bits per heavy atom. The van der Waals surface area contributed by atoms with Crippen LogP contribution in [0.15, 0.2) is 23.0 Å². The van der Waals surface area contributed by atoms with Crippen LogP contribution < -0.4 is 9.47 Å². The lowest BCUT2D eigenvalue weighted by molar-refractivity contribution is 0.243. The highest BCUT2D eigenvalue weighted by Gasteiger charge is 2.13. The monoisotopic (exact) mass is 270 g/mol. The molecule has 6 nitrogen and oxygen atoms in total. The third-order valence-corrected chi connectivity index (χ3v) is 2.46. The van der Waals surface area contributed by atoms with Gasteiger partial charge in [-0.15, -0.1) is 0 Å². The number of halogens is 1. The van der Waals surface area contributed by atoms with E-state index in [0.29, 0.717) is 27.9 Å². The second-order valence-electron chi connectivity index (χ2n) is 3.39. The minimum Gasteiger partial charge on any atom is -0.493 e. The van der Waals surface area contributed by atoms with Gasteiger partial charge < -0.3 is 19.1 Å². The summed E-state index contributed by atoms with van der Waals surface area (Å²) in [7, 11) is 1.49. The van der Waals surface area contributed by atoms with E-state index in [1.807, 2.05) is 0 Å². The normalized spacial score (nSPS) is 10.4. The third kappa shape index (κ3) is 2.72. The zero-order valence-corrected chi connectivity index (χ0v) is 10.3. The van der Waals surface area contributed by atoms with Crippen LogP contribution in [-0.2, 0) is 13.2 Å². The molecule has 0 aliphatic carbocycles. The number of ether oxygens (including phenoxy) is 2. The maximum Gasteiger partial charge on any atom is 0.213 e. The molecule has 0 fully saturated rings. The summed E-state index contributed by atoms with van der Waals surface area (Å²) in [5.74, 6) is 1.25. The first kappa shape index (κ1) is 12.7. The molecule has 1 aromatic heterocycles. The molecule has 0 unspecified atom stereocenters. The molecule has 18 heavy (non-hydrogen) atoms. The second kappa shape index (κ2) is 5.70. The Morgan fingerprint density at radius 1 is 1.44 bits per heavy atom. The summed E-state index contributed by atoms with van der Waals surface area (Å²) < 4.78 is 15.3. The Balaban J connectivity index is 2.24. The molecule has 2 aromatic rings. The van der Waals surface area contributed by atoms with Crippen molar-refractivity contribution in [3.63, 3.8) is 0 Å². The molecule has 7 heteroatoms. The van der Waals surface area contributed by atoms with E-state index in [4.69, 9.17) is 21.1 Å². The topological polar surface area (TPSA) is 77.6 Å². The summed E-state index contributed by atoms with van der Waals surface area (Å²) in [4.78, 5) is 3.83. The van der Waals surface area contributed by atoms with Crippen molar-refractivity contribution >= 4 is 11.6 Å². The molecule has 2 rings (SSSR count). The van der Waals surface area contributed by atoms with E-state index in [-0.39, 0.29) is 13.2 Å². The Morgan fingerprint density at radius 2 is 2.28 bits per heavy atom. The van der Waals surface area contributed by atoms with Gasteiger partial charge in [0.2, 0.25) is 12.2 Å². The fourth-order valence-corrected chi connectivity index (χ4v) is 1.68. The standard InChI is InChI=1S/C11H11ClN2O4/c1-16-9-3-8(12)2-7(4-15)11(9)17-5-10-13-6-18-14-10/h2-3,6,15H,4-5H2,1H3. The summed E-state index contributed by atoms with van der Waals surface area (Å²) in [5, 5.41) is 13.4. The molecule has 0 spiro atoms. The van der Waals surface area contributed by atoms with Gasteiger partial charge in [0.15, 0.2) is 18.1 Å². The molecular formula is C11H11ClN2O4. The van der Waals surface area contributed by atoms with E-state index in [9.17, 15) is 5.11 Å². The van der Waals surface area contributed by atoms with Crippen molar-refractivity contribution in [2.75, 3.05) is 7.11 Å². The Kier molecular flexibility index (Phi) is 4.01. The smallest absolute Gasteiger partial charge is 0.213 e. The van der Waals surface area contributed by atoms with Gasteiger partial charge >= 0.3 is 0 Å². The zero-order chi connectivity index (χ0) is 13.0. The number of aliphatic hydroxyl groups is 1. The molecule has 0 bridgehead atoms. The van der Waals surface area contributed by atoms with E-state index in [1.165, 1.54) is 13.5 Å². The lowest BCUT2D eigenvalue weighted by Crippen LogP contribution is -2.02. The number of nitrogens with zero attached hydrogens (tertiary/aromatic N) is 2. The zero-order valence-electron chi connectivity index (χ0n) is 9.59. The van der Waals surface area contributed by atoms with Gasteiger partial charge in [0, 0.05) is 16.7 Å². The first-order chi connectivity index (χ1) is 8.74. The molecule has 0 amide bonds. The Hall–Kier alpha value is -1.79. The third-order valence-electron chi connectivity index (χ3n) is 2.24. The van der Waals surface area contributed by atoms with Crippen LogP contribution in [0.3, 0.4) is 0 Å². The fraction of sp³-hybridized carbons (Fsp3) is 0.273. The van der Waals surface area contributed by atoms with Crippen LogP contribution in [0.2, 0.25) is 5.02 Å². The molecule has 0 saturated carbocycles. The lowest BCUT2D eigenvalue weighted by atomic mass is 10.2. The van der Waals surface area contributed by atoms with Crippen molar-refractivity contribution in [2.45, 2.75) is 13.2 Å². The van der Waals surface area contributed by atoms with E-state index in [0.717, 1.165) is 0 Å². The molecule has 1 aromatic carbocycles. The van der Waals surface area contributed by atoms with E-state index >= 15 is 0 Å². The molecule has 0 aliphatic rings. The van der Waals surface area contributed by atoms with Crippen LogP contribution >= 0.6 is 11.6 Å². The average Bonchev–Trinajstić information content (AvgIpc) is 2.89. The van der Waals surface area contributed by atoms with Crippen LogP contribution in [0.4, 0.5) is 0 Å². The van der Waals surface area contributed by atoms with Crippen molar-refractivity contribution in [1.29, 1.82) is 0 Å². The van der Waals surface area contributed by atoms with Gasteiger partial charge in [-0.25, -0.2) is 0 Å². The quantitative estimate of drug-likeness (QED) is 0.893. The van der Waals surface area contributed by atoms with Crippen LogP contribution in [-0.4, -0.2) is 22.4 Å². The maximum absolute atomic E-state index is 9.28. The summed E-state index contributed by atoms with van der Waals surface area (Å²) in [5.41, 5.74) is 0.530. The minimum absolute atomic E-state index is 0.113. The SMILES string of the molecule is COc1cc(Cl)cc(CO)c1OCc1ncon1. The van der Waals surface area contributed by atoms with Crippen molar-refractivity contribution in [1.82, 2.24) is 10.1 Å². The molecular weight excluding hydrogens is 260 g/mol. The molecule has 0 aliphatic heterocycles. The number of methoxy groups -OCH3 is 1. The summed E-state index contributed by atoms with van der Waals surface area (Å²) in [6.07, 6.45) is 1.21. The number of hydrogen-bond donors (Lipinski definition) is 1. The van der Waals surface area contributed by atoms with Gasteiger partial charge in [0.05, 0.1) is 13.7 Å². The van der Waals surface area contributed by atoms with Crippen molar-refractivity contribution < 1.29 is 19.1 Å². The molecule has 0 atom stereocenters. The number of benzene rings is 1. The predicted octanol–water partition coefficient (Wildman–Crippen LogP) is 1.80. The first-order valence-electron chi connectivity index (χ1n) is 5.10. The first-order valence-corrected chi connectivity index (χ1v) is 5.47. The minimum atomic E-state index is -0.210. The fourth-order valence-electron chi connectivity index (χ4n) is 1.45. The largest absolute Gasteiger partial charge is 0.493 e. The number of aromatic nitrogens is 2. The number of hydrogen-bond acceptors (Lipinski definition) is 6. The van der Waals surface area contributed by atoms with Gasteiger partial charge in [-0.2, -0.15) is 4.98 Å². The highest BCUT2D eigenvalue weighted by molar-refractivity contribution is 6.30. The van der Waals surface area contributed by atoms with Crippen molar-refractivity contribution in [3.05, 3.63) is 34.9 Å². The second-order valence-corrected chi connectivity index (χ2v) is 3.83. The lowest BCUT2D eigenvalue weighted by Gasteiger charge is -2.13. The van der Waals surface area contributed by atoms with Gasteiger partial charge in [-0.3, -0.25) is 0 Å². The molecule has 96 valence electrons. The highest BCUT2D eigenvalue weighted by Crippen LogP contribution is 2.35. The van der Waals surface area contributed by atoms with Gasteiger partial charge in [0.25, 0.3) is 0 Å². The number of rotatable bonds is 5. The Bertz CT molecular complexity index is 491. The van der Waals surface area contributed by atoms with Crippen molar-refractivity contribution in [3.8, 4) is 11.5 Å². The maximum atomic E-state index is 9.28. The van der Waals surface area contributed by atoms with Crippen molar-refractivity contribution in [2.24, 2.45) is 0 Å². The van der Waals surface area contributed by atoms with E-state index in [1.54, 1.807) is 12.1 Å². The highest BCUT2D eigenvalue weighted by atomic mass is 35.5. The molecule has 0 radical (unpaired) electrons. The predicted molar refractivity (Wildman–Crippen MR) is 62.6 cm³/mol. The number of aliphatic hydroxyl groups excluding tert-OH is 1. The molecule has 1 N–H and O–H groups in total. The summed E-state index contributed by atoms with van der Waals surface area (Å²) in [6, 6.07) is 3.21. The average molecular weight is 271 g/mol. The van der Waals surface area contributed by atoms with Gasteiger partial charge in [0.1, 0.15) is 0 Å². The van der Waals surface area contributed by atoms with Crippen LogP contribution in [0, 0.1) is 0 Å². The van der Waals surface area contributed by atoms with Crippen LogP contribution in [0.1, 0.15) is 11.4 Å². The van der Waals surface area contributed by atoms with Gasteiger partial charge in [-0.1, -0.05) is 16.8 Å². The Labute approximate surface area is 108 Å².